The molecule has 1 heterocycles. The molecule has 0 spiro atoms. The van der Waals surface area contributed by atoms with Crippen LogP contribution in [-0.2, 0) is 45.4 Å². The average Bonchev–Trinajstić information content (AvgIpc) is 2.85. The van der Waals surface area contributed by atoms with Gasteiger partial charge >= 0.3 is 6.18 Å². The Kier molecular flexibility index (Phi) is 9.23. The quantitative estimate of drug-likeness (QED) is 0.360. The van der Waals surface area contributed by atoms with Crippen LogP contribution < -0.4 is 10.0 Å². The maximum Gasteiger partial charge on any atom is 0.433 e. The standard InChI is InChI=1S/C26H27F4N3O4S/c1-16(18-7-8-20(22(27)12-18)14-32-38(3,35)36)25(34)31-13-21-9-10-23(26(28,29)30)33-24(21)19-6-4-5-17(11-19)15-37-2/h4-12,16,32H,13-15H2,1-3H3,(H,31,34). The third-order valence-corrected chi connectivity index (χ3v) is 6.40. The molecule has 3 aromatic rings. The van der Waals surface area contributed by atoms with Crippen molar-refractivity contribution in [3.63, 3.8) is 0 Å². The predicted octanol–water partition coefficient (Wildman–Crippen LogP) is 4.52. The molecule has 0 saturated carbocycles. The number of benzene rings is 2. The minimum absolute atomic E-state index is 0.0690. The molecular weight excluding hydrogens is 526 g/mol. The van der Waals surface area contributed by atoms with Crippen LogP contribution in [0.2, 0.25) is 0 Å². The number of methoxy groups -OCH3 is 1. The number of pyridine rings is 1. The summed E-state index contributed by atoms with van der Waals surface area (Å²) in [7, 11) is -2.00. The Labute approximate surface area is 218 Å². The monoisotopic (exact) mass is 553 g/mol. The van der Waals surface area contributed by atoms with Crippen molar-refractivity contribution in [1.29, 1.82) is 0 Å². The summed E-state index contributed by atoms with van der Waals surface area (Å²) in [6, 6.07) is 12.9. The van der Waals surface area contributed by atoms with E-state index in [1.165, 1.54) is 25.3 Å². The summed E-state index contributed by atoms with van der Waals surface area (Å²) in [5, 5.41) is 2.69. The molecule has 204 valence electrons. The van der Waals surface area contributed by atoms with Gasteiger partial charge in [0.05, 0.1) is 24.5 Å². The molecule has 12 heteroatoms. The SMILES string of the molecule is COCc1cccc(-c2nc(C(F)(F)F)ccc2CNC(=O)C(C)c2ccc(CNS(C)(=O)=O)c(F)c2)c1. The molecule has 0 aliphatic rings. The van der Waals surface area contributed by atoms with Crippen LogP contribution in [0.1, 0.15) is 40.8 Å². The molecule has 3 rings (SSSR count). The summed E-state index contributed by atoms with van der Waals surface area (Å²) in [5.74, 6) is -1.95. The van der Waals surface area contributed by atoms with Crippen LogP contribution in [0.5, 0.6) is 0 Å². The van der Waals surface area contributed by atoms with Gasteiger partial charge in [0, 0.05) is 31.3 Å². The van der Waals surface area contributed by atoms with E-state index in [9.17, 15) is 30.8 Å². The number of aromatic nitrogens is 1. The van der Waals surface area contributed by atoms with E-state index in [-0.39, 0.29) is 31.0 Å². The Bertz CT molecular complexity index is 1410. The number of hydrogen-bond acceptors (Lipinski definition) is 5. The smallest absolute Gasteiger partial charge is 0.380 e. The normalized spacial score (nSPS) is 12.8. The van der Waals surface area contributed by atoms with Crippen LogP contribution >= 0.6 is 0 Å². The van der Waals surface area contributed by atoms with Gasteiger partial charge < -0.3 is 10.1 Å². The van der Waals surface area contributed by atoms with Crippen molar-refractivity contribution in [1.82, 2.24) is 15.0 Å². The Morgan fingerprint density at radius 3 is 2.39 bits per heavy atom. The molecular formula is C26H27F4N3O4S. The maximum atomic E-state index is 14.5. The molecule has 0 fully saturated rings. The van der Waals surface area contributed by atoms with Gasteiger partial charge in [-0.1, -0.05) is 36.4 Å². The van der Waals surface area contributed by atoms with Crippen LogP contribution in [0, 0.1) is 5.82 Å². The first-order valence-electron chi connectivity index (χ1n) is 11.4. The number of alkyl halides is 3. The van der Waals surface area contributed by atoms with Crippen LogP contribution in [0.4, 0.5) is 17.6 Å². The van der Waals surface area contributed by atoms with Crippen molar-refractivity contribution in [2.75, 3.05) is 13.4 Å². The first-order chi connectivity index (χ1) is 17.8. The molecule has 1 unspecified atom stereocenters. The second kappa shape index (κ2) is 12.0. The predicted molar refractivity (Wildman–Crippen MR) is 134 cm³/mol. The van der Waals surface area contributed by atoms with Crippen molar-refractivity contribution < 1.29 is 35.5 Å². The van der Waals surface area contributed by atoms with Crippen molar-refractivity contribution >= 4 is 15.9 Å². The zero-order chi connectivity index (χ0) is 28.1. The molecule has 0 saturated heterocycles. The number of sulfonamides is 1. The van der Waals surface area contributed by atoms with Gasteiger partial charge in [-0.15, -0.1) is 0 Å². The lowest BCUT2D eigenvalue weighted by Crippen LogP contribution is -2.28. The van der Waals surface area contributed by atoms with Crippen LogP contribution in [0.3, 0.4) is 0 Å². The van der Waals surface area contributed by atoms with Gasteiger partial charge in [0.2, 0.25) is 15.9 Å². The molecule has 0 aliphatic heterocycles. The molecule has 2 N–H and O–H groups in total. The van der Waals surface area contributed by atoms with Gasteiger partial charge in [0.15, 0.2) is 0 Å². The van der Waals surface area contributed by atoms with E-state index in [2.05, 4.69) is 15.0 Å². The van der Waals surface area contributed by atoms with Crippen molar-refractivity contribution in [2.45, 2.75) is 38.7 Å². The highest BCUT2D eigenvalue weighted by Crippen LogP contribution is 2.32. The summed E-state index contributed by atoms with van der Waals surface area (Å²) in [6.07, 6.45) is -3.69. The third kappa shape index (κ3) is 7.83. The van der Waals surface area contributed by atoms with E-state index >= 15 is 0 Å². The Balaban J connectivity index is 1.81. The van der Waals surface area contributed by atoms with E-state index in [0.717, 1.165) is 24.0 Å². The second-order valence-corrected chi connectivity index (χ2v) is 10.6. The first kappa shape index (κ1) is 29.2. The molecule has 1 atom stereocenters. The minimum atomic E-state index is -4.65. The fourth-order valence-corrected chi connectivity index (χ4v) is 4.10. The van der Waals surface area contributed by atoms with Gasteiger partial charge in [-0.05, 0) is 41.8 Å². The summed E-state index contributed by atoms with van der Waals surface area (Å²) in [5.41, 5.74) is 1.01. The first-order valence-corrected chi connectivity index (χ1v) is 13.3. The topological polar surface area (TPSA) is 97.4 Å². The zero-order valence-electron chi connectivity index (χ0n) is 20.9. The van der Waals surface area contributed by atoms with Gasteiger partial charge in [0.1, 0.15) is 11.5 Å². The van der Waals surface area contributed by atoms with Crippen molar-refractivity contribution in [3.8, 4) is 11.3 Å². The molecule has 0 aliphatic carbocycles. The van der Waals surface area contributed by atoms with E-state index in [1.54, 1.807) is 31.2 Å². The third-order valence-electron chi connectivity index (χ3n) is 5.73. The van der Waals surface area contributed by atoms with Gasteiger partial charge in [-0.25, -0.2) is 22.5 Å². The van der Waals surface area contributed by atoms with Gasteiger partial charge in [-0.2, -0.15) is 13.2 Å². The van der Waals surface area contributed by atoms with Gasteiger partial charge in [0.25, 0.3) is 0 Å². The molecule has 1 aromatic heterocycles. The molecule has 0 bridgehead atoms. The second-order valence-electron chi connectivity index (χ2n) is 8.72. The fraction of sp³-hybridized carbons (Fsp3) is 0.308. The van der Waals surface area contributed by atoms with Crippen molar-refractivity contribution in [3.05, 3.63) is 88.4 Å². The number of nitrogens with one attached hydrogen (secondary N) is 2. The summed E-state index contributed by atoms with van der Waals surface area (Å²) in [4.78, 5) is 16.7. The Morgan fingerprint density at radius 2 is 1.76 bits per heavy atom. The Hall–Kier alpha value is -3.35. The molecule has 0 radical (unpaired) electrons. The van der Waals surface area contributed by atoms with Crippen LogP contribution in [-0.4, -0.2) is 32.7 Å². The number of ether oxygens (including phenoxy) is 1. The minimum Gasteiger partial charge on any atom is -0.380 e. The molecule has 7 nitrogen and oxygen atoms in total. The lowest BCUT2D eigenvalue weighted by atomic mass is 9.98. The fourth-order valence-electron chi connectivity index (χ4n) is 3.69. The zero-order valence-corrected chi connectivity index (χ0v) is 21.7. The molecule has 38 heavy (non-hydrogen) atoms. The number of carbonyl (C=O) groups excluding carboxylic acids is 1. The highest BCUT2D eigenvalue weighted by molar-refractivity contribution is 7.88. The number of nitrogens with zero attached hydrogens (tertiary/aromatic N) is 1. The molecule has 2 aromatic carbocycles. The van der Waals surface area contributed by atoms with E-state index in [0.29, 0.717) is 16.7 Å². The number of amides is 1. The summed E-state index contributed by atoms with van der Waals surface area (Å²) >= 11 is 0. The van der Waals surface area contributed by atoms with Gasteiger partial charge in [-0.3, -0.25) is 4.79 Å². The Morgan fingerprint density at radius 1 is 1.05 bits per heavy atom. The van der Waals surface area contributed by atoms with E-state index < -0.39 is 39.5 Å². The highest BCUT2D eigenvalue weighted by atomic mass is 32.2. The van der Waals surface area contributed by atoms with E-state index in [4.69, 9.17) is 4.74 Å². The summed E-state index contributed by atoms with van der Waals surface area (Å²) in [6.45, 7) is 1.46. The average molecular weight is 554 g/mol. The molecule has 1 amide bonds. The van der Waals surface area contributed by atoms with E-state index in [1.807, 2.05) is 0 Å². The maximum absolute atomic E-state index is 14.5. The number of hydrogen-bond donors (Lipinski definition) is 2. The number of halogens is 4. The lowest BCUT2D eigenvalue weighted by Gasteiger charge is -2.17. The highest BCUT2D eigenvalue weighted by Gasteiger charge is 2.33. The summed E-state index contributed by atoms with van der Waals surface area (Å²) < 4.78 is 84.4. The van der Waals surface area contributed by atoms with Crippen LogP contribution in [0.25, 0.3) is 11.3 Å². The number of rotatable bonds is 10. The number of carbonyl (C=O) groups is 1. The van der Waals surface area contributed by atoms with Crippen LogP contribution in [0.15, 0.2) is 54.6 Å². The van der Waals surface area contributed by atoms with Crippen molar-refractivity contribution in [2.24, 2.45) is 0 Å². The largest absolute Gasteiger partial charge is 0.433 e. The lowest BCUT2D eigenvalue weighted by molar-refractivity contribution is -0.141.